The van der Waals surface area contributed by atoms with E-state index < -0.39 is 5.41 Å². The molecule has 0 aliphatic rings. The van der Waals surface area contributed by atoms with Gasteiger partial charge in [-0.15, -0.1) is 0 Å². The summed E-state index contributed by atoms with van der Waals surface area (Å²) in [6.45, 7) is 3.69. The van der Waals surface area contributed by atoms with Crippen LogP contribution in [0.25, 0.3) is 0 Å². The maximum atomic E-state index is 11.7. The van der Waals surface area contributed by atoms with E-state index in [4.69, 9.17) is 5.73 Å². The number of amides is 2. The van der Waals surface area contributed by atoms with Crippen molar-refractivity contribution in [3.63, 3.8) is 0 Å². The standard InChI is InChI=1S/C10H17N5O2/c1-10(2,9(17)12-3)5-13-8(16)7-6(11)4-14-15-7/h4H,5,11H2,1-3H3,(H,12,17)(H,13,16)(H,14,15). The molecule has 7 nitrogen and oxygen atoms in total. The van der Waals surface area contributed by atoms with Crippen LogP contribution >= 0.6 is 0 Å². The molecule has 5 N–H and O–H groups in total. The van der Waals surface area contributed by atoms with Crippen molar-refractivity contribution in [3.05, 3.63) is 11.9 Å². The van der Waals surface area contributed by atoms with Crippen LogP contribution in [0.4, 0.5) is 5.69 Å². The van der Waals surface area contributed by atoms with Crippen LogP contribution in [0.3, 0.4) is 0 Å². The zero-order valence-corrected chi connectivity index (χ0v) is 10.1. The molecule has 0 radical (unpaired) electrons. The molecule has 17 heavy (non-hydrogen) atoms. The Balaban J connectivity index is 2.60. The molecule has 0 saturated carbocycles. The second-order valence-corrected chi connectivity index (χ2v) is 4.35. The largest absolute Gasteiger partial charge is 0.396 e. The second-order valence-electron chi connectivity index (χ2n) is 4.35. The van der Waals surface area contributed by atoms with E-state index in [1.807, 2.05) is 0 Å². The number of aromatic nitrogens is 2. The van der Waals surface area contributed by atoms with E-state index >= 15 is 0 Å². The number of nitrogens with one attached hydrogen (secondary N) is 3. The molecule has 1 aromatic heterocycles. The molecule has 0 spiro atoms. The average molecular weight is 239 g/mol. The van der Waals surface area contributed by atoms with Gasteiger partial charge in [-0.3, -0.25) is 14.7 Å². The highest BCUT2D eigenvalue weighted by molar-refractivity contribution is 5.97. The van der Waals surface area contributed by atoms with Crippen molar-refractivity contribution in [2.45, 2.75) is 13.8 Å². The molecule has 0 fully saturated rings. The SMILES string of the molecule is CNC(=O)C(C)(C)CNC(=O)c1[nH]ncc1N. The summed E-state index contributed by atoms with van der Waals surface area (Å²) in [7, 11) is 1.55. The number of nitrogens with zero attached hydrogens (tertiary/aromatic N) is 1. The van der Waals surface area contributed by atoms with Crippen LogP contribution in [0.15, 0.2) is 6.20 Å². The third kappa shape index (κ3) is 2.96. The van der Waals surface area contributed by atoms with Gasteiger partial charge in [0.25, 0.3) is 5.91 Å². The van der Waals surface area contributed by atoms with E-state index in [1.54, 1.807) is 20.9 Å². The van der Waals surface area contributed by atoms with Crippen molar-refractivity contribution in [2.75, 3.05) is 19.3 Å². The van der Waals surface area contributed by atoms with Gasteiger partial charge >= 0.3 is 0 Å². The van der Waals surface area contributed by atoms with Crippen molar-refractivity contribution in [1.29, 1.82) is 0 Å². The first-order valence-electron chi connectivity index (χ1n) is 5.17. The predicted octanol–water partition coefficient (Wildman–Crippen LogP) is -0.506. The maximum absolute atomic E-state index is 11.7. The molecule has 2 amide bonds. The number of nitrogen functional groups attached to an aromatic ring is 1. The summed E-state index contributed by atoms with van der Waals surface area (Å²) in [4.78, 5) is 23.2. The average Bonchev–Trinajstić information content (AvgIpc) is 2.71. The van der Waals surface area contributed by atoms with Crippen molar-refractivity contribution in [3.8, 4) is 0 Å². The Hall–Kier alpha value is -2.05. The van der Waals surface area contributed by atoms with Crippen LogP contribution in [0.1, 0.15) is 24.3 Å². The highest BCUT2D eigenvalue weighted by Crippen LogP contribution is 2.14. The zero-order valence-electron chi connectivity index (χ0n) is 10.1. The second kappa shape index (κ2) is 4.86. The predicted molar refractivity (Wildman–Crippen MR) is 63.2 cm³/mol. The summed E-state index contributed by atoms with van der Waals surface area (Å²) >= 11 is 0. The number of hydrogen-bond donors (Lipinski definition) is 4. The highest BCUT2D eigenvalue weighted by atomic mass is 16.2. The van der Waals surface area contributed by atoms with Gasteiger partial charge in [0.1, 0.15) is 5.69 Å². The van der Waals surface area contributed by atoms with Gasteiger partial charge in [-0.05, 0) is 13.8 Å². The molecule has 1 heterocycles. The fourth-order valence-electron chi connectivity index (χ4n) is 1.29. The third-order valence-electron chi connectivity index (χ3n) is 2.43. The first-order valence-corrected chi connectivity index (χ1v) is 5.17. The molecule has 0 saturated heterocycles. The Morgan fingerprint density at radius 1 is 1.53 bits per heavy atom. The zero-order chi connectivity index (χ0) is 13.1. The summed E-state index contributed by atoms with van der Waals surface area (Å²) in [5.41, 5.74) is 5.34. The molecule has 94 valence electrons. The molecule has 1 rings (SSSR count). The van der Waals surface area contributed by atoms with Gasteiger partial charge in [-0.1, -0.05) is 0 Å². The van der Waals surface area contributed by atoms with Crippen molar-refractivity contribution >= 4 is 17.5 Å². The molecule has 0 aliphatic heterocycles. The van der Waals surface area contributed by atoms with E-state index in [0.29, 0.717) is 0 Å². The van der Waals surface area contributed by atoms with E-state index in [2.05, 4.69) is 20.8 Å². The van der Waals surface area contributed by atoms with Crippen LogP contribution in [-0.2, 0) is 4.79 Å². The monoisotopic (exact) mass is 239 g/mol. The van der Waals surface area contributed by atoms with Crippen molar-refractivity contribution < 1.29 is 9.59 Å². The van der Waals surface area contributed by atoms with Gasteiger partial charge in [-0.2, -0.15) is 5.10 Å². The van der Waals surface area contributed by atoms with Gasteiger partial charge < -0.3 is 16.4 Å². The van der Waals surface area contributed by atoms with Crippen LogP contribution < -0.4 is 16.4 Å². The minimum atomic E-state index is -0.681. The lowest BCUT2D eigenvalue weighted by Crippen LogP contribution is -2.43. The lowest BCUT2D eigenvalue weighted by atomic mass is 9.92. The summed E-state index contributed by atoms with van der Waals surface area (Å²) in [6, 6.07) is 0. The van der Waals surface area contributed by atoms with Gasteiger partial charge in [0, 0.05) is 13.6 Å². The van der Waals surface area contributed by atoms with Gasteiger partial charge in [0.2, 0.25) is 5.91 Å². The summed E-state index contributed by atoms with van der Waals surface area (Å²) in [6.07, 6.45) is 1.36. The minimum Gasteiger partial charge on any atom is -0.396 e. The lowest BCUT2D eigenvalue weighted by molar-refractivity contribution is -0.128. The van der Waals surface area contributed by atoms with Gasteiger partial charge in [0.15, 0.2) is 0 Å². The Labute approximate surface area is 99.1 Å². The molecule has 0 atom stereocenters. The summed E-state index contributed by atoms with van der Waals surface area (Å²) in [5, 5.41) is 11.3. The summed E-state index contributed by atoms with van der Waals surface area (Å²) < 4.78 is 0. The van der Waals surface area contributed by atoms with Crippen LogP contribution in [0.2, 0.25) is 0 Å². The number of rotatable bonds is 4. The van der Waals surface area contributed by atoms with E-state index in [1.165, 1.54) is 6.20 Å². The highest BCUT2D eigenvalue weighted by Gasteiger charge is 2.27. The van der Waals surface area contributed by atoms with E-state index in [9.17, 15) is 9.59 Å². The molecular formula is C10H17N5O2. The number of carbonyl (C=O) groups is 2. The number of hydrogen-bond acceptors (Lipinski definition) is 4. The quantitative estimate of drug-likeness (QED) is 0.567. The van der Waals surface area contributed by atoms with E-state index in [-0.39, 0.29) is 29.7 Å². The first kappa shape index (κ1) is 13.0. The number of anilines is 1. The fraction of sp³-hybridized carbons (Fsp3) is 0.500. The Bertz CT molecular complexity index is 424. The number of aromatic amines is 1. The van der Waals surface area contributed by atoms with Gasteiger partial charge in [0.05, 0.1) is 17.3 Å². The lowest BCUT2D eigenvalue weighted by Gasteiger charge is -2.22. The van der Waals surface area contributed by atoms with Gasteiger partial charge in [-0.25, -0.2) is 0 Å². The third-order valence-corrected chi connectivity index (χ3v) is 2.43. The van der Waals surface area contributed by atoms with Crippen LogP contribution in [0.5, 0.6) is 0 Å². The molecule has 0 aliphatic carbocycles. The normalized spacial score (nSPS) is 11.0. The maximum Gasteiger partial charge on any atom is 0.271 e. The topological polar surface area (TPSA) is 113 Å². The molecule has 0 unspecified atom stereocenters. The number of carbonyl (C=O) groups excluding carboxylic acids is 2. The Morgan fingerprint density at radius 3 is 2.65 bits per heavy atom. The molecule has 0 bridgehead atoms. The molecular weight excluding hydrogens is 222 g/mol. The van der Waals surface area contributed by atoms with Crippen molar-refractivity contribution in [2.24, 2.45) is 5.41 Å². The Morgan fingerprint density at radius 2 is 2.18 bits per heavy atom. The van der Waals surface area contributed by atoms with Crippen molar-refractivity contribution in [1.82, 2.24) is 20.8 Å². The Kier molecular flexibility index (Phi) is 3.72. The first-order chi connectivity index (χ1) is 7.88. The van der Waals surface area contributed by atoms with E-state index in [0.717, 1.165) is 0 Å². The minimum absolute atomic E-state index is 0.143. The summed E-state index contributed by atoms with van der Waals surface area (Å²) in [5.74, 6) is -0.521. The molecule has 1 aromatic rings. The smallest absolute Gasteiger partial charge is 0.271 e. The molecule has 0 aromatic carbocycles. The van der Waals surface area contributed by atoms with Crippen LogP contribution in [0, 0.1) is 5.41 Å². The number of H-pyrrole nitrogens is 1. The fourth-order valence-corrected chi connectivity index (χ4v) is 1.29. The number of nitrogens with two attached hydrogens (primary N) is 1. The van der Waals surface area contributed by atoms with Crippen LogP contribution in [-0.4, -0.2) is 35.6 Å². The molecule has 7 heteroatoms.